The van der Waals surface area contributed by atoms with E-state index in [1.54, 1.807) is 0 Å². The Balaban J connectivity index is 2.36. The van der Waals surface area contributed by atoms with Gasteiger partial charge in [-0.2, -0.15) is 0 Å². The highest BCUT2D eigenvalue weighted by Crippen LogP contribution is 2.34. The lowest BCUT2D eigenvalue weighted by Gasteiger charge is -2.17. The van der Waals surface area contributed by atoms with Crippen LogP contribution < -0.4 is 4.74 Å². The van der Waals surface area contributed by atoms with Crippen molar-refractivity contribution < 1.29 is 9.84 Å². The van der Waals surface area contributed by atoms with Gasteiger partial charge in [-0.05, 0) is 30.0 Å². The molecule has 1 unspecified atom stereocenters. The Morgan fingerprint density at radius 2 is 1.40 bits per heavy atom. The van der Waals surface area contributed by atoms with Gasteiger partial charge in [0, 0.05) is 5.56 Å². The van der Waals surface area contributed by atoms with E-state index >= 15 is 0 Å². The number of para-hydroxylation sites is 2. The molecule has 106 valence electrons. The third-order valence-corrected chi connectivity index (χ3v) is 3.43. The van der Waals surface area contributed by atoms with Gasteiger partial charge in [-0.1, -0.05) is 57.2 Å². The van der Waals surface area contributed by atoms with E-state index in [1.165, 1.54) is 5.56 Å². The minimum Gasteiger partial charge on any atom is -0.457 e. The summed E-state index contributed by atoms with van der Waals surface area (Å²) in [4.78, 5) is 0. The van der Waals surface area contributed by atoms with Crippen molar-refractivity contribution in [1.29, 1.82) is 0 Å². The summed E-state index contributed by atoms with van der Waals surface area (Å²) in [5.41, 5.74) is 2.02. The molecule has 0 aliphatic heterocycles. The normalized spacial score (nSPS) is 12.4. The van der Waals surface area contributed by atoms with Gasteiger partial charge in [0.25, 0.3) is 0 Å². The van der Waals surface area contributed by atoms with Crippen molar-refractivity contribution in [3.05, 3.63) is 59.7 Å². The lowest BCUT2D eigenvalue weighted by Crippen LogP contribution is -2.00. The Morgan fingerprint density at radius 3 is 1.95 bits per heavy atom. The van der Waals surface area contributed by atoms with Crippen molar-refractivity contribution in [2.24, 2.45) is 0 Å². The van der Waals surface area contributed by atoms with Crippen LogP contribution in [-0.4, -0.2) is 5.11 Å². The lowest BCUT2D eigenvalue weighted by molar-refractivity contribution is 0.170. The first-order valence-corrected chi connectivity index (χ1v) is 7.17. The molecule has 0 spiro atoms. The molecule has 0 aliphatic carbocycles. The van der Waals surface area contributed by atoms with E-state index in [2.05, 4.69) is 19.9 Å². The average molecular weight is 270 g/mol. The van der Waals surface area contributed by atoms with Gasteiger partial charge in [0.05, 0.1) is 6.10 Å². The predicted molar refractivity (Wildman–Crippen MR) is 82.3 cm³/mol. The first-order valence-electron chi connectivity index (χ1n) is 7.17. The van der Waals surface area contributed by atoms with Gasteiger partial charge in [0.1, 0.15) is 11.5 Å². The second-order valence-electron chi connectivity index (χ2n) is 5.26. The lowest BCUT2D eigenvalue weighted by atomic mass is 10.0. The van der Waals surface area contributed by atoms with Crippen LogP contribution in [0.2, 0.25) is 0 Å². The molecule has 2 nitrogen and oxygen atoms in total. The standard InChI is InChI=1S/C18H22O2/c1-4-16(19)15-10-6-8-12-18(15)20-17-11-7-5-9-14(17)13(2)3/h5-13,16,19H,4H2,1-3H3. The summed E-state index contributed by atoms with van der Waals surface area (Å²) in [7, 11) is 0. The van der Waals surface area contributed by atoms with Gasteiger partial charge >= 0.3 is 0 Å². The largest absolute Gasteiger partial charge is 0.457 e. The summed E-state index contributed by atoms with van der Waals surface area (Å²) in [5, 5.41) is 10.1. The van der Waals surface area contributed by atoms with Crippen LogP contribution in [0, 0.1) is 0 Å². The minimum absolute atomic E-state index is 0.398. The number of benzene rings is 2. The summed E-state index contributed by atoms with van der Waals surface area (Å²) in [6.07, 6.45) is 0.184. The Bertz CT molecular complexity index is 561. The number of rotatable bonds is 5. The van der Waals surface area contributed by atoms with Crippen LogP contribution in [0.15, 0.2) is 48.5 Å². The molecular formula is C18H22O2. The van der Waals surface area contributed by atoms with E-state index in [1.807, 2.05) is 49.4 Å². The molecule has 0 amide bonds. The third-order valence-electron chi connectivity index (χ3n) is 3.43. The van der Waals surface area contributed by atoms with E-state index in [0.717, 1.165) is 17.1 Å². The second kappa shape index (κ2) is 6.58. The van der Waals surface area contributed by atoms with E-state index in [4.69, 9.17) is 4.74 Å². The van der Waals surface area contributed by atoms with Gasteiger partial charge in [0.15, 0.2) is 0 Å². The summed E-state index contributed by atoms with van der Waals surface area (Å²) in [5.74, 6) is 1.99. The first kappa shape index (κ1) is 14.6. The number of aliphatic hydroxyl groups excluding tert-OH is 1. The summed E-state index contributed by atoms with van der Waals surface area (Å²) < 4.78 is 6.06. The van der Waals surface area contributed by atoms with Crippen LogP contribution in [0.3, 0.4) is 0 Å². The SMILES string of the molecule is CCC(O)c1ccccc1Oc1ccccc1C(C)C. The number of hydrogen-bond acceptors (Lipinski definition) is 2. The highest BCUT2D eigenvalue weighted by Gasteiger charge is 2.14. The number of hydrogen-bond donors (Lipinski definition) is 1. The second-order valence-corrected chi connectivity index (χ2v) is 5.26. The molecule has 0 aliphatic rings. The van der Waals surface area contributed by atoms with Crippen LogP contribution in [0.25, 0.3) is 0 Å². The van der Waals surface area contributed by atoms with Crippen molar-refractivity contribution in [3.8, 4) is 11.5 Å². The Labute approximate surface area is 121 Å². The summed E-state index contributed by atoms with van der Waals surface area (Å²) >= 11 is 0. The monoisotopic (exact) mass is 270 g/mol. The maximum atomic E-state index is 10.1. The van der Waals surface area contributed by atoms with Gasteiger partial charge in [0.2, 0.25) is 0 Å². The van der Waals surface area contributed by atoms with Gasteiger partial charge < -0.3 is 9.84 Å². The molecule has 0 aromatic heterocycles. The van der Waals surface area contributed by atoms with Crippen molar-refractivity contribution in [2.75, 3.05) is 0 Å². The molecule has 20 heavy (non-hydrogen) atoms. The molecule has 2 aromatic rings. The minimum atomic E-state index is -0.489. The molecular weight excluding hydrogens is 248 g/mol. The van der Waals surface area contributed by atoms with Crippen molar-refractivity contribution in [3.63, 3.8) is 0 Å². The molecule has 0 radical (unpaired) electrons. The molecule has 2 heteroatoms. The molecule has 0 heterocycles. The van der Waals surface area contributed by atoms with Gasteiger partial charge in [-0.3, -0.25) is 0 Å². The number of ether oxygens (including phenoxy) is 1. The van der Waals surface area contributed by atoms with Crippen molar-refractivity contribution in [1.82, 2.24) is 0 Å². The quantitative estimate of drug-likeness (QED) is 0.824. The zero-order chi connectivity index (χ0) is 14.5. The molecule has 1 atom stereocenters. The fraction of sp³-hybridized carbons (Fsp3) is 0.333. The Morgan fingerprint density at radius 1 is 0.900 bits per heavy atom. The Hall–Kier alpha value is -1.80. The average Bonchev–Trinajstić information content (AvgIpc) is 2.47. The zero-order valence-electron chi connectivity index (χ0n) is 12.3. The molecule has 2 rings (SSSR count). The van der Waals surface area contributed by atoms with E-state index < -0.39 is 6.10 Å². The van der Waals surface area contributed by atoms with Crippen LogP contribution >= 0.6 is 0 Å². The maximum absolute atomic E-state index is 10.1. The maximum Gasteiger partial charge on any atom is 0.133 e. The van der Waals surface area contributed by atoms with E-state index in [0.29, 0.717) is 12.3 Å². The highest BCUT2D eigenvalue weighted by molar-refractivity contribution is 5.43. The molecule has 0 saturated carbocycles. The predicted octanol–water partition coefficient (Wildman–Crippen LogP) is 5.05. The fourth-order valence-corrected chi connectivity index (χ4v) is 2.24. The third kappa shape index (κ3) is 3.20. The highest BCUT2D eigenvalue weighted by atomic mass is 16.5. The summed E-state index contributed by atoms with van der Waals surface area (Å²) in [6, 6.07) is 15.7. The molecule has 2 aromatic carbocycles. The molecule has 1 N–H and O–H groups in total. The molecule has 0 fully saturated rings. The summed E-state index contributed by atoms with van der Waals surface area (Å²) in [6.45, 7) is 6.26. The van der Waals surface area contributed by atoms with Crippen LogP contribution in [0.5, 0.6) is 11.5 Å². The first-order chi connectivity index (χ1) is 9.63. The van der Waals surface area contributed by atoms with Crippen LogP contribution in [0.4, 0.5) is 0 Å². The van der Waals surface area contributed by atoms with Crippen molar-refractivity contribution >= 4 is 0 Å². The molecule has 0 bridgehead atoms. The number of aliphatic hydroxyl groups is 1. The smallest absolute Gasteiger partial charge is 0.133 e. The topological polar surface area (TPSA) is 29.5 Å². The van der Waals surface area contributed by atoms with Crippen molar-refractivity contribution in [2.45, 2.75) is 39.2 Å². The van der Waals surface area contributed by atoms with E-state index in [9.17, 15) is 5.11 Å². The fourth-order valence-electron chi connectivity index (χ4n) is 2.24. The van der Waals surface area contributed by atoms with Crippen LogP contribution in [0.1, 0.15) is 50.3 Å². The zero-order valence-corrected chi connectivity index (χ0v) is 12.3. The molecule has 0 saturated heterocycles. The van der Waals surface area contributed by atoms with Gasteiger partial charge in [-0.15, -0.1) is 0 Å². The van der Waals surface area contributed by atoms with Crippen LogP contribution in [-0.2, 0) is 0 Å². The van der Waals surface area contributed by atoms with E-state index in [-0.39, 0.29) is 0 Å². The van der Waals surface area contributed by atoms with Gasteiger partial charge in [-0.25, -0.2) is 0 Å². The Kier molecular flexibility index (Phi) is 4.80.